The minimum absolute atomic E-state index is 0.405. The van der Waals surface area contributed by atoms with Gasteiger partial charge in [-0.3, -0.25) is 0 Å². The molecule has 0 amide bonds. The van der Waals surface area contributed by atoms with Crippen molar-refractivity contribution in [2.75, 3.05) is 6.54 Å². The van der Waals surface area contributed by atoms with Crippen LogP contribution in [-0.4, -0.2) is 12.6 Å². The zero-order chi connectivity index (χ0) is 13.2. The Kier molecular flexibility index (Phi) is 4.75. The summed E-state index contributed by atoms with van der Waals surface area (Å²) in [6, 6.07) is 0.713. The molecular weight excluding hydrogens is 218 g/mol. The monoisotopic (exact) mass is 251 g/mol. The lowest BCUT2D eigenvalue weighted by Crippen LogP contribution is -2.48. The van der Waals surface area contributed by atoms with Crippen molar-refractivity contribution in [3.05, 3.63) is 0 Å². The van der Waals surface area contributed by atoms with Gasteiger partial charge >= 0.3 is 0 Å². The molecule has 18 heavy (non-hydrogen) atoms. The summed E-state index contributed by atoms with van der Waals surface area (Å²) in [5.74, 6) is 3.06. The highest BCUT2D eigenvalue weighted by Crippen LogP contribution is 2.45. The Labute approximate surface area is 114 Å². The lowest BCUT2D eigenvalue weighted by atomic mass is 9.63. The number of nitrogens with one attached hydrogen (secondary N) is 1. The first-order chi connectivity index (χ1) is 8.52. The van der Waals surface area contributed by atoms with Crippen molar-refractivity contribution in [2.45, 2.75) is 78.7 Å². The SMILES string of the molecule is CCNC(C1CCC2CCCCC2C1)C(C)(C)C. The van der Waals surface area contributed by atoms with Crippen LogP contribution in [0.25, 0.3) is 0 Å². The molecule has 2 aliphatic rings. The summed E-state index contributed by atoms with van der Waals surface area (Å²) in [5, 5.41) is 3.79. The van der Waals surface area contributed by atoms with Crippen molar-refractivity contribution in [3.8, 4) is 0 Å². The summed E-state index contributed by atoms with van der Waals surface area (Å²) in [5.41, 5.74) is 0.405. The summed E-state index contributed by atoms with van der Waals surface area (Å²) < 4.78 is 0. The molecular formula is C17H33N. The normalized spacial score (nSPS) is 35.0. The van der Waals surface area contributed by atoms with Gasteiger partial charge in [0.2, 0.25) is 0 Å². The molecule has 0 aromatic carbocycles. The van der Waals surface area contributed by atoms with Crippen molar-refractivity contribution in [1.82, 2.24) is 5.32 Å². The maximum atomic E-state index is 3.79. The van der Waals surface area contributed by atoms with E-state index in [1.807, 2.05) is 0 Å². The molecule has 106 valence electrons. The van der Waals surface area contributed by atoms with Crippen molar-refractivity contribution < 1.29 is 0 Å². The molecule has 0 aromatic rings. The first-order valence-corrected chi connectivity index (χ1v) is 8.25. The van der Waals surface area contributed by atoms with E-state index < -0.39 is 0 Å². The first-order valence-electron chi connectivity index (χ1n) is 8.25. The second kappa shape index (κ2) is 5.94. The average Bonchev–Trinajstić information content (AvgIpc) is 2.34. The molecule has 1 heteroatoms. The van der Waals surface area contributed by atoms with Crippen LogP contribution in [0.3, 0.4) is 0 Å². The van der Waals surface area contributed by atoms with E-state index in [9.17, 15) is 0 Å². The molecule has 0 aliphatic heterocycles. The molecule has 1 N–H and O–H groups in total. The van der Waals surface area contributed by atoms with Gasteiger partial charge in [0.1, 0.15) is 0 Å². The van der Waals surface area contributed by atoms with Gasteiger partial charge in [0.15, 0.2) is 0 Å². The van der Waals surface area contributed by atoms with Crippen molar-refractivity contribution in [2.24, 2.45) is 23.2 Å². The predicted octanol–water partition coefficient (Wildman–Crippen LogP) is 4.62. The smallest absolute Gasteiger partial charge is 0.0144 e. The lowest BCUT2D eigenvalue weighted by Gasteiger charge is -2.45. The van der Waals surface area contributed by atoms with Crippen LogP contribution in [0.15, 0.2) is 0 Å². The first kappa shape index (κ1) is 14.4. The van der Waals surface area contributed by atoms with Crippen LogP contribution in [0.5, 0.6) is 0 Å². The minimum atomic E-state index is 0.405. The quantitative estimate of drug-likeness (QED) is 0.772. The maximum absolute atomic E-state index is 3.79. The molecule has 2 aliphatic carbocycles. The third-order valence-electron chi connectivity index (χ3n) is 5.41. The molecule has 2 rings (SSSR count). The fraction of sp³-hybridized carbons (Fsp3) is 1.00. The topological polar surface area (TPSA) is 12.0 Å². The number of hydrogen-bond donors (Lipinski definition) is 1. The van der Waals surface area contributed by atoms with Gasteiger partial charge in [0.25, 0.3) is 0 Å². The van der Waals surface area contributed by atoms with Gasteiger partial charge < -0.3 is 5.32 Å². The number of hydrogen-bond acceptors (Lipinski definition) is 1. The highest BCUT2D eigenvalue weighted by molar-refractivity contribution is 4.92. The number of rotatable bonds is 3. The fourth-order valence-corrected chi connectivity index (χ4v) is 4.61. The Bertz CT molecular complexity index is 253. The predicted molar refractivity (Wildman–Crippen MR) is 79.7 cm³/mol. The summed E-state index contributed by atoms with van der Waals surface area (Å²) in [7, 11) is 0. The summed E-state index contributed by atoms with van der Waals surface area (Å²) in [6.07, 6.45) is 10.5. The van der Waals surface area contributed by atoms with Crippen LogP contribution >= 0.6 is 0 Å². The van der Waals surface area contributed by atoms with Gasteiger partial charge in [-0.1, -0.05) is 53.4 Å². The van der Waals surface area contributed by atoms with Crippen LogP contribution in [0.1, 0.15) is 72.6 Å². The van der Waals surface area contributed by atoms with Gasteiger partial charge in [-0.25, -0.2) is 0 Å². The van der Waals surface area contributed by atoms with Crippen LogP contribution in [0.4, 0.5) is 0 Å². The van der Waals surface area contributed by atoms with Crippen molar-refractivity contribution in [1.29, 1.82) is 0 Å². The molecule has 4 unspecified atom stereocenters. The highest BCUT2D eigenvalue weighted by atomic mass is 14.9. The van der Waals surface area contributed by atoms with E-state index in [0.717, 1.165) is 24.3 Å². The van der Waals surface area contributed by atoms with Crippen LogP contribution in [-0.2, 0) is 0 Å². The largest absolute Gasteiger partial charge is 0.313 e. The van der Waals surface area contributed by atoms with Gasteiger partial charge in [-0.2, -0.15) is 0 Å². The Morgan fingerprint density at radius 3 is 2.28 bits per heavy atom. The minimum Gasteiger partial charge on any atom is -0.313 e. The second-order valence-electron chi connectivity index (χ2n) is 7.78. The number of fused-ring (bicyclic) bond motifs is 1. The molecule has 2 fully saturated rings. The van der Waals surface area contributed by atoms with Gasteiger partial charge in [-0.05, 0) is 49.0 Å². The maximum Gasteiger partial charge on any atom is 0.0144 e. The van der Waals surface area contributed by atoms with E-state index in [-0.39, 0.29) is 0 Å². The Balaban J connectivity index is 1.99. The van der Waals surface area contributed by atoms with Crippen LogP contribution in [0.2, 0.25) is 0 Å². The van der Waals surface area contributed by atoms with E-state index in [0.29, 0.717) is 11.5 Å². The molecule has 0 bridgehead atoms. The Morgan fingerprint density at radius 1 is 1.00 bits per heavy atom. The third kappa shape index (κ3) is 3.29. The van der Waals surface area contributed by atoms with E-state index in [2.05, 4.69) is 33.0 Å². The fourth-order valence-electron chi connectivity index (χ4n) is 4.61. The summed E-state index contributed by atoms with van der Waals surface area (Å²) in [4.78, 5) is 0. The van der Waals surface area contributed by atoms with Crippen LogP contribution in [0, 0.1) is 23.2 Å². The van der Waals surface area contributed by atoms with Gasteiger partial charge in [0.05, 0.1) is 0 Å². The molecule has 4 atom stereocenters. The summed E-state index contributed by atoms with van der Waals surface area (Å²) in [6.45, 7) is 10.6. The third-order valence-corrected chi connectivity index (χ3v) is 5.41. The van der Waals surface area contributed by atoms with Crippen molar-refractivity contribution >= 4 is 0 Å². The standard InChI is InChI=1S/C17H33N/c1-5-18-16(17(2,3)4)15-11-10-13-8-6-7-9-14(13)12-15/h13-16,18H,5-12H2,1-4H3. The zero-order valence-electron chi connectivity index (χ0n) is 13.0. The van der Waals surface area contributed by atoms with E-state index in [4.69, 9.17) is 0 Å². The molecule has 0 heterocycles. The van der Waals surface area contributed by atoms with Crippen molar-refractivity contribution in [3.63, 3.8) is 0 Å². The molecule has 0 aromatic heterocycles. The Morgan fingerprint density at radius 2 is 1.67 bits per heavy atom. The highest BCUT2D eigenvalue weighted by Gasteiger charge is 2.38. The molecule has 0 radical (unpaired) electrons. The molecule has 2 saturated carbocycles. The van der Waals surface area contributed by atoms with Crippen LogP contribution < -0.4 is 5.32 Å². The average molecular weight is 251 g/mol. The second-order valence-corrected chi connectivity index (χ2v) is 7.78. The van der Waals surface area contributed by atoms with E-state index >= 15 is 0 Å². The van der Waals surface area contributed by atoms with Gasteiger partial charge in [0, 0.05) is 6.04 Å². The van der Waals surface area contributed by atoms with Gasteiger partial charge in [-0.15, -0.1) is 0 Å². The molecule has 0 saturated heterocycles. The summed E-state index contributed by atoms with van der Waals surface area (Å²) >= 11 is 0. The molecule has 1 nitrogen and oxygen atoms in total. The molecule has 0 spiro atoms. The zero-order valence-corrected chi connectivity index (χ0v) is 13.0. The Hall–Kier alpha value is -0.0400. The van der Waals surface area contributed by atoms with E-state index in [1.165, 1.54) is 44.9 Å². The lowest BCUT2D eigenvalue weighted by molar-refractivity contribution is 0.0767. The van der Waals surface area contributed by atoms with E-state index in [1.54, 1.807) is 0 Å².